The van der Waals surface area contributed by atoms with Crippen molar-refractivity contribution in [3.63, 3.8) is 0 Å². The fourth-order valence-electron chi connectivity index (χ4n) is 3.33. The topological polar surface area (TPSA) is 172 Å². The van der Waals surface area contributed by atoms with Gasteiger partial charge in [-0.2, -0.15) is 9.97 Å². The molecule has 0 unspecified atom stereocenters. The van der Waals surface area contributed by atoms with Gasteiger partial charge in [-0.1, -0.05) is 12.1 Å². The number of hydrogen-bond donors (Lipinski definition) is 3. The van der Waals surface area contributed by atoms with Gasteiger partial charge in [0.05, 0.1) is 24.5 Å². The maximum atomic E-state index is 14.1. The van der Waals surface area contributed by atoms with Crippen LogP contribution in [0.5, 0.6) is 5.88 Å². The number of aliphatic hydroxyl groups is 2. The number of hydrogen-bond acceptors (Lipinski definition) is 10. The van der Waals surface area contributed by atoms with Crippen LogP contribution >= 0.6 is 0 Å². The normalized spacial score (nSPS) is 23.3. The molecule has 164 valence electrons. The molecule has 31 heavy (non-hydrogen) atoms. The molecule has 0 aliphatic carbocycles. The molecule has 12 nitrogen and oxygen atoms in total. The minimum absolute atomic E-state index is 0.00392. The number of fused-ring (bicyclic) bond motifs is 1. The molecular weight excluding hydrogens is 415 g/mol. The van der Waals surface area contributed by atoms with E-state index in [1.54, 1.807) is 12.1 Å². The molecule has 1 fully saturated rings. The van der Waals surface area contributed by atoms with E-state index in [1.807, 2.05) is 0 Å². The second kappa shape index (κ2) is 8.37. The summed E-state index contributed by atoms with van der Waals surface area (Å²) in [7, 11) is 0. The molecule has 13 heteroatoms. The van der Waals surface area contributed by atoms with Crippen LogP contribution in [0.15, 0.2) is 30.6 Å². The summed E-state index contributed by atoms with van der Waals surface area (Å²) in [5, 5.41) is 30.1. The number of benzene rings is 1. The number of aliphatic hydroxyl groups excluding tert-OH is 2. The van der Waals surface area contributed by atoms with E-state index in [0.29, 0.717) is 6.42 Å². The second-order valence-corrected chi connectivity index (χ2v) is 6.92. The van der Waals surface area contributed by atoms with Crippen LogP contribution in [-0.2, 0) is 11.2 Å². The van der Waals surface area contributed by atoms with Crippen molar-refractivity contribution in [2.75, 3.05) is 18.9 Å². The molecule has 1 aliphatic rings. The van der Waals surface area contributed by atoms with Gasteiger partial charge >= 0.3 is 0 Å². The summed E-state index contributed by atoms with van der Waals surface area (Å²) in [6.07, 6.45) is -3.90. The Morgan fingerprint density at radius 3 is 2.71 bits per heavy atom. The first kappa shape index (κ1) is 20.8. The number of ether oxygens (including phenoxy) is 2. The number of nitro groups is 1. The molecule has 0 spiro atoms. The zero-order valence-electron chi connectivity index (χ0n) is 16.0. The SMILES string of the molecule is Nc1nc(OCCc2ccc([N+](=O)[O-])cc2)c2ncn([C@@H]3O[C@H](CO)[C@H](F)[C@H]3O)c2n1. The lowest BCUT2D eigenvalue weighted by molar-refractivity contribution is -0.384. The minimum atomic E-state index is -1.77. The van der Waals surface area contributed by atoms with Crippen molar-refractivity contribution in [2.45, 2.75) is 31.0 Å². The van der Waals surface area contributed by atoms with Crippen molar-refractivity contribution >= 4 is 22.8 Å². The number of alkyl halides is 1. The van der Waals surface area contributed by atoms with Crippen LogP contribution in [0.25, 0.3) is 11.2 Å². The largest absolute Gasteiger partial charge is 0.476 e. The van der Waals surface area contributed by atoms with Gasteiger partial charge in [0, 0.05) is 18.6 Å². The predicted molar refractivity (Wildman–Crippen MR) is 104 cm³/mol. The highest BCUT2D eigenvalue weighted by Gasteiger charge is 2.45. The molecule has 4 atom stereocenters. The van der Waals surface area contributed by atoms with Crippen molar-refractivity contribution in [3.05, 3.63) is 46.3 Å². The number of nitrogens with two attached hydrogens (primary N) is 1. The Kier molecular flexibility index (Phi) is 5.63. The number of nitro benzene ring substituents is 1. The fraction of sp³-hybridized carbons (Fsp3) is 0.389. The Labute approximate surface area is 174 Å². The molecule has 4 rings (SSSR count). The van der Waals surface area contributed by atoms with Gasteiger partial charge in [-0.3, -0.25) is 14.7 Å². The van der Waals surface area contributed by atoms with Crippen LogP contribution in [0.1, 0.15) is 11.8 Å². The van der Waals surface area contributed by atoms with Gasteiger partial charge in [0.15, 0.2) is 23.6 Å². The van der Waals surface area contributed by atoms with Gasteiger partial charge in [0.25, 0.3) is 5.69 Å². The first-order valence-corrected chi connectivity index (χ1v) is 9.33. The first-order valence-electron chi connectivity index (χ1n) is 9.33. The maximum Gasteiger partial charge on any atom is 0.269 e. The summed E-state index contributed by atoms with van der Waals surface area (Å²) in [5.41, 5.74) is 6.99. The van der Waals surface area contributed by atoms with E-state index in [-0.39, 0.29) is 35.3 Å². The highest BCUT2D eigenvalue weighted by Crippen LogP contribution is 2.34. The Hall–Kier alpha value is -3.42. The first-order chi connectivity index (χ1) is 14.9. The summed E-state index contributed by atoms with van der Waals surface area (Å²) in [6.45, 7) is -0.409. The monoisotopic (exact) mass is 434 g/mol. The number of halogens is 1. The third-order valence-electron chi connectivity index (χ3n) is 4.93. The van der Waals surface area contributed by atoms with Gasteiger partial charge in [-0.05, 0) is 5.56 Å². The zero-order chi connectivity index (χ0) is 22.1. The number of nitrogens with zero attached hydrogens (tertiary/aromatic N) is 5. The van der Waals surface area contributed by atoms with Crippen LogP contribution in [0, 0.1) is 10.1 Å². The lowest BCUT2D eigenvalue weighted by Gasteiger charge is -2.16. The zero-order valence-corrected chi connectivity index (χ0v) is 16.0. The quantitative estimate of drug-likeness (QED) is 0.352. The van der Waals surface area contributed by atoms with E-state index in [0.717, 1.165) is 5.56 Å². The average Bonchev–Trinajstić information content (AvgIpc) is 3.29. The van der Waals surface area contributed by atoms with Crippen LogP contribution < -0.4 is 10.5 Å². The summed E-state index contributed by atoms with van der Waals surface area (Å²) in [5.74, 6) is -0.0336. The summed E-state index contributed by atoms with van der Waals surface area (Å²) < 4.78 is 26.5. The van der Waals surface area contributed by atoms with E-state index in [2.05, 4.69) is 15.0 Å². The summed E-state index contributed by atoms with van der Waals surface area (Å²) in [4.78, 5) is 22.6. The second-order valence-electron chi connectivity index (χ2n) is 6.92. The molecule has 1 aliphatic heterocycles. The van der Waals surface area contributed by atoms with E-state index in [4.69, 9.17) is 15.2 Å². The molecule has 0 saturated carbocycles. The summed E-state index contributed by atoms with van der Waals surface area (Å²) in [6, 6.07) is 6.07. The molecule has 1 saturated heterocycles. The van der Waals surface area contributed by atoms with Gasteiger partial charge in [0.1, 0.15) is 12.2 Å². The van der Waals surface area contributed by atoms with Crippen LogP contribution in [0.3, 0.4) is 0 Å². The van der Waals surface area contributed by atoms with E-state index in [1.165, 1.54) is 23.0 Å². The molecule has 3 heterocycles. The highest BCUT2D eigenvalue weighted by atomic mass is 19.1. The Morgan fingerprint density at radius 2 is 2.06 bits per heavy atom. The van der Waals surface area contributed by atoms with Gasteiger partial charge in [-0.15, -0.1) is 0 Å². The average molecular weight is 434 g/mol. The van der Waals surface area contributed by atoms with Gasteiger partial charge < -0.3 is 25.4 Å². The standard InChI is InChI=1S/C18H19FN6O6/c19-12-11(7-26)31-17(14(12)27)24-8-21-13-15(24)22-18(20)23-16(13)30-6-5-9-1-3-10(4-2-9)25(28)29/h1-4,8,11-12,14,17,26-27H,5-7H2,(H2,20,22,23)/t11-,12+,14-,17-/m1/s1. The predicted octanol–water partition coefficient (Wildman–Crippen LogP) is 0.527. The Morgan fingerprint density at radius 1 is 1.32 bits per heavy atom. The molecule has 4 N–H and O–H groups in total. The molecular formula is C18H19FN6O6. The number of anilines is 1. The Balaban J connectivity index is 1.52. The van der Waals surface area contributed by atoms with Crippen molar-refractivity contribution in [1.29, 1.82) is 0 Å². The lowest BCUT2D eigenvalue weighted by atomic mass is 10.1. The van der Waals surface area contributed by atoms with E-state index >= 15 is 0 Å². The maximum absolute atomic E-state index is 14.1. The molecule has 0 radical (unpaired) electrons. The number of nitrogen functional groups attached to an aromatic ring is 1. The van der Waals surface area contributed by atoms with Gasteiger partial charge in [-0.25, -0.2) is 9.37 Å². The number of imidazole rings is 1. The van der Waals surface area contributed by atoms with Crippen LogP contribution in [0.4, 0.5) is 16.0 Å². The third-order valence-corrected chi connectivity index (χ3v) is 4.93. The number of aromatic nitrogens is 4. The molecule has 0 amide bonds. The van der Waals surface area contributed by atoms with Gasteiger partial charge in [0.2, 0.25) is 11.8 Å². The smallest absolute Gasteiger partial charge is 0.269 e. The highest BCUT2D eigenvalue weighted by molar-refractivity contribution is 5.77. The molecule has 2 aromatic heterocycles. The van der Waals surface area contributed by atoms with Crippen molar-refractivity contribution in [2.24, 2.45) is 0 Å². The van der Waals surface area contributed by atoms with Crippen molar-refractivity contribution in [3.8, 4) is 5.88 Å². The number of rotatable bonds is 7. The minimum Gasteiger partial charge on any atom is -0.476 e. The lowest BCUT2D eigenvalue weighted by Crippen LogP contribution is -2.29. The fourth-order valence-corrected chi connectivity index (χ4v) is 3.33. The van der Waals surface area contributed by atoms with Crippen LogP contribution in [0.2, 0.25) is 0 Å². The van der Waals surface area contributed by atoms with Crippen LogP contribution in [-0.4, -0.2) is 66.2 Å². The molecule has 3 aromatic rings. The van der Waals surface area contributed by atoms with E-state index < -0.39 is 36.1 Å². The summed E-state index contributed by atoms with van der Waals surface area (Å²) >= 11 is 0. The molecule has 0 bridgehead atoms. The van der Waals surface area contributed by atoms with Crippen molar-refractivity contribution in [1.82, 2.24) is 19.5 Å². The third kappa shape index (κ3) is 3.97. The van der Waals surface area contributed by atoms with Crippen molar-refractivity contribution < 1.29 is 29.0 Å². The number of non-ortho nitro benzene ring substituents is 1. The molecule has 1 aromatic carbocycles. The Bertz CT molecular complexity index is 1090. The van der Waals surface area contributed by atoms with E-state index in [9.17, 15) is 24.7 Å².